The molecule has 0 radical (unpaired) electrons. The fraction of sp³-hybridized carbons (Fsp3) is 0.600. The third-order valence-electron chi connectivity index (χ3n) is 2.94. The molecule has 1 aliphatic rings. The van der Waals surface area contributed by atoms with Gasteiger partial charge in [-0.25, -0.2) is 4.98 Å². The molecule has 1 fully saturated rings. The molecule has 0 unspecified atom stereocenters. The number of nitrogens with zero attached hydrogens (tertiary/aromatic N) is 5. The SMILES string of the molecule is CN1CCCN(c2nc(Cl)ncc2[N+](=O)[O-])CC1. The van der Waals surface area contributed by atoms with Gasteiger partial charge in [0.1, 0.15) is 6.20 Å². The van der Waals surface area contributed by atoms with E-state index in [1.165, 1.54) is 6.20 Å². The van der Waals surface area contributed by atoms with E-state index in [1.54, 1.807) is 0 Å². The second-order valence-corrected chi connectivity index (χ2v) is 4.59. The van der Waals surface area contributed by atoms with Crippen LogP contribution < -0.4 is 4.90 Å². The van der Waals surface area contributed by atoms with Gasteiger partial charge in [-0.3, -0.25) is 10.1 Å². The van der Waals surface area contributed by atoms with Gasteiger partial charge in [0, 0.05) is 19.6 Å². The van der Waals surface area contributed by atoms with Gasteiger partial charge in [-0.15, -0.1) is 0 Å². The highest BCUT2D eigenvalue weighted by Crippen LogP contribution is 2.26. The Kier molecular flexibility index (Phi) is 3.93. The highest BCUT2D eigenvalue weighted by atomic mass is 35.5. The lowest BCUT2D eigenvalue weighted by Crippen LogP contribution is -2.30. The van der Waals surface area contributed by atoms with Crippen LogP contribution in [-0.4, -0.2) is 53.0 Å². The molecule has 98 valence electrons. The molecule has 2 rings (SSSR count). The van der Waals surface area contributed by atoms with Gasteiger partial charge in [-0.2, -0.15) is 4.98 Å². The molecular formula is C10H14ClN5O2. The molecule has 8 heteroatoms. The van der Waals surface area contributed by atoms with Crippen LogP contribution in [0.5, 0.6) is 0 Å². The normalized spacial score (nSPS) is 17.6. The molecule has 0 aromatic carbocycles. The Labute approximate surface area is 110 Å². The second kappa shape index (κ2) is 5.45. The van der Waals surface area contributed by atoms with Crippen molar-refractivity contribution in [3.8, 4) is 0 Å². The van der Waals surface area contributed by atoms with Crippen molar-refractivity contribution in [1.29, 1.82) is 0 Å². The molecule has 1 saturated heterocycles. The Morgan fingerprint density at radius 3 is 2.89 bits per heavy atom. The number of hydrogen-bond donors (Lipinski definition) is 0. The summed E-state index contributed by atoms with van der Waals surface area (Å²) >= 11 is 5.73. The Bertz CT molecular complexity index is 456. The third kappa shape index (κ3) is 2.85. The Morgan fingerprint density at radius 1 is 1.39 bits per heavy atom. The predicted molar refractivity (Wildman–Crippen MR) is 68.0 cm³/mol. The fourth-order valence-corrected chi connectivity index (χ4v) is 2.09. The summed E-state index contributed by atoms with van der Waals surface area (Å²) in [5.74, 6) is 0.315. The minimum absolute atomic E-state index is 0.0354. The summed E-state index contributed by atoms with van der Waals surface area (Å²) in [5, 5.41) is 11.0. The molecule has 1 aromatic rings. The van der Waals surface area contributed by atoms with E-state index in [2.05, 4.69) is 14.9 Å². The maximum absolute atomic E-state index is 11.0. The second-order valence-electron chi connectivity index (χ2n) is 4.25. The zero-order valence-electron chi connectivity index (χ0n) is 10.0. The van der Waals surface area contributed by atoms with Gasteiger partial charge in [0.05, 0.1) is 4.92 Å². The van der Waals surface area contributed by atoms with E-state index in [1.807, 2.05) is 11.9 Å². The van der Waals surface area contributed by atoms with Crippen LogP contribution in [0.2, 0.25) is 5.28 Å². The van der Waals surface area contributed by atoms with Crippen molar-refractivity contribution in [3.05, 3.63) is 21.6 Å². The van der Waals surface area contributed by atoms with Gasteiger partial charge in [0.15, 0.2) is 0 Å². The minimum atomic E-state index is -0.472. The van der Waals surface area contributed by atoms with Crippen LogP contribution in [-0.2, 0) is 0 Å². The molecule has 0 amide bonds. The summed E-state index contributed by atoms with van der Waals surface area (Å²) in [7, 11) is 2.03. The van der Waals surface area contributed by atoms with E-state index >= 15 is 0 Å². The molecule has 0 atom stereocenters. The average Bonchev–Trinajstić information content (AvgIpc) is 2.53. The quantitative estimate of drug-likeness (QED) is 0.457. The van der Waals surface area contributed by atoms with Crippen LogP contribution in [0.4, 0.5) is 11.5 Å². The molecule has 0 aliphatic carbocycles. The number of halogens is 1. The molecule has 0 saturated carbocycles. The van der Waals surface area contributed by atoms with E-state index in [4.69, 9.17) is 11.6 Å². The predicted octanol–water partition coefficient (Wildman–Crippen LogP) is 1.18. The molecule has 1 aliphatic heterocycles. The topological polar surface area (TPSA) is 75.4 Å². The van der Waals surface area contributed by atoms with Gasteiger partial charge in [-0.05, 0) is 31.6 Å². The van der Waals surface area contributed by atoms with Gasteiger partial charge in [0.2, 0.25) is 11.1 Å². The van der Waals surface area contributed by atoms with E-state index in [0.717, 1.165) is 26.1 Å². The minimum Gasteiger partial charge on any atom is -0.349 e. The zero-order chi connectivity index (χ0) is 13.1. The Morgan fingerprint density at radius 2 is 2.17 bits per heavy atom. The molecule has 18 heavy (non-hydrogen) atoms. The van der Waals surface area contributed by atoms with Crippen molar-refractivity contribution < 1.29 is 4.92 Å². The summed E-state index contributed by atoms with van der Waals surface area (Å²) < 4.78 is 0. The highest BCUT2D eigenvalue weighted by molar-refractivity contribution is 6.28. The summed E-state index contributed by atoms with van der Waals surface area (Å²) in [4.78, 5) is 22.3. The first-order valence-electron chi connectivity index (χ1n) is 5.68. The van der Waals surface area contributed by atoms with Crippen molar-refractivity contribution in [2.24, 2.45) is 0 Å². The molecule has 2 heterocycles. The van der Waals surface area contributed by atoms with Crippen LogP contribution in [0.1, 0.15) is 6.42 Å². The lowest BCUT2D eigenvalue weighted by atomic mass is 10.3. The highest BCUT2D eigenvalue weighted by Gasteiger charge is 2.24. The standard InChI is InChI=1S/C10H14ClN5O2/c1-14-3-2-4-15(6-5-14)9-8(16(17)18)7-12-10(11)13-9/h7H,2-6H2,1H3. The number of nitro groups is 1. The van der Waals surface area contributed by atoms with Crippen molar-refractivity contribution in [2.45, 2.75) is 6.42 Å². The van der Waals surface area contributed by atoms with Crippen molar-refractivity contribution in [2.75, 3.05) is 38.1 Å². The van der Waals surface area contributed by atoms with Crippen molar-refractivity contribution in [1.82, 2.24) is 14.9 Å². The van der Waals surface area contributed by atoms with Crippen molar-refractivity contribution in [3.63, 3.8) is 0 Å². The first-order valence-corrected chi connectivity index (χ1v) is 6.06. The van der Waals surface area contributed by atoms with Crippen molar-refractivity contribution >= 4 is 23.1 Å². The van der Waals surface area contributed by atoms with Gasteiger partial charge in [-0.1, -0.05) is 0 Å². The monoisotopic (exact) mass is 271 g/mol. The van der Waals surface area contributed by atoms with Crippen LogP contribution >= 0.6 is 11.6 Å². The fourth-order valence-electron chi connectivity index (χ4n) is 1.97. The summed E-state index contributed by atoms with van der Waals surface area (Å²) in [6.07, 6.45) is 2.11. The summed E-state index contributed by atoms with van der Waals surface area (Å²) in [6, 6.07) is 0. The van der Waals surface area contributed by atoms with Crippen LogP contribution in [0.15, 0.2) is 6.20 Å². The molecule has 0 spiro atoms. The van der Waals surface area contributed by atoms with Gasteiger partial charge in [0.25, 0.3) is 0 Å². The third-order valence-corrected chi connectivity index (χ3v) is 3.12. The smallest absolute Gasteiger partial charge is 0.329 e. The summed E-state index contributed by atoms with van der Waals surface area (Å²) in [5.41, 5.74) is -0.0936. The maximum Gasteiger partial charge on any atom is 0.329 e. The largest absolute Gasteiger partial charge is 0.349 e. The van der Waals surface area contributed by atoms with E-state index in [9.17, 15) is 10.1 Å². The Balaban J connectivity index is 2.30. The first-order chi connectivity index (χ1) is 8.58. The number of hydrogen-bond acceptors (Lipinski definition) is 6. The zero-order valence-corrected chi connectivity index (χ0v) is 10.8. The number of rotatable bonds is 2. The molecular weight excluding hydrogens is 258 g/mol. The lowest BCUT2D eigenvalue weighted by molar-refractivity contribution is -0.384. The van der Waals surface area contributed by atoms with E-state index < -0.39 is 4.92 Å². The first kappa shape index (κ1) is 13.0. The number of likely N-dealkylation sites (N-methyl/N-ethyl adjacent to an activating group) is 1. The van der Waals surface area contributed by atoms with Crippen LogP contribution in [0.25, 0.3) is 0 Å². The number of anilines is 1. The molecule has 1 aromatic heterocycles. The van der Waals surface area contributed by atoms with E-state index in [0.29, 0.717) is 12.4 Å². The molecule has 0 bridgehead atoms. The van der Waals surface area contributed by atoms with Gasteiger partial charge < -0.3 is 9.80 Å². The lowest BCUT2D eigenvalue weighted by Gasteiger charge is -2.20. The summed E-state index contributed by atoms with van der Waals surface area (Å²) in [6.45, 7) is 3.26. The van der Waals surface area contributed by atoms with Gasteiger partial charge >= 0.3 is 5.69 Å². The van der Waals surface area contributed by atoms with Crippen LogP contribution in [0.3, 0.4) is 0 Å². The Hall–Kier alpha value is -1.47. The van der Waals surface area contributed by atoms with Crippen LogP contribution in [0, 0.1) is 10.1 Å². The van der Waals surface area contributed by atoms with E-state index in [-0.39, 0.29) is 11.0 Å². The number of aromatic nitrogens is 2. The average molecular weight is 272 g/mol. The molecule has 7 nitrogen and oxygen atoms in total. The molecule has 0 N–H and O–H groups in total. The maximum atomic E-state index is 11.0.